The fraction of sp³-hybridized carbons (Fsp3) is 0.400. The van der Waals surface area contributed by atoms with Gasteiger partial charge in [-0.3, -0.25) is 4.79 Å². The summed E-state index contributed by atoms with van der Waals surface area (Å²) in [6, 6.07) is 7.99. The van der Waals surface area contributed by atoms with E-state index in [4.69, 9.17) is 4.74 Å². The number of urea groups is 1. The second-order valence-electron chi connectivity index (χ2n) is 4.99. The monoisotopic (exact) mass is 305 g/mol. The van der Waals surface area contributed by atoms with Gasteiger partial charge in [0, 0.05) is 25.7 Å². The molecule has 0 bridgehead atoms. The van der Waals surface area contributed by atoms with Crippen LogP contribution in [0.1, 0.15) is 6.92 Å². The van der Waals surface area contributed by atoms with Crippen LogP contribution in [0.4, 0.5) is 10.5 Å². The van der Waals surface area contributed by atoms with Crippen molar-refractivity contribution in [2.75, 3.05) is 32.1 Å². The SMILES string of the molecule is COC(=O)[C@@H]1CN(C(=O)Nc2ccccc2)CCN1C(C)=O. The summed E-state index contributed by atoms with van der Waals surface area (Å²) in [6.45, 7) is 2.18. The number of hydrogen-bond acceptors (Lipinski definition) is 4. The maximum Gasteiger partial charge on any atom is 0.330 e. The highest BCUT2D eigenvalue weighted by Crippen LogP contribution is 2.14. The summed E-state index contributed by atoms with van der Waals surface area (Å²) in [7, 11) is 1.27. The van der Waals surface area contributed by atoms with E-state index in [-0.39, 0.29) is 18.5 Å². The molecule has 1 atom stereocenters. The Morgan fingerprint density at radius 2 is 1.86 bits per heavy atom. The predicted molar refractivity (Wildman–Crippen MR) is 80.2 cm³/mol. The minimum absolute atomic E-state index is 0.116. The Morgan fingerprint density at radius 1 is 1.18 bits per heavy atom. The second kappa shape index (κ2) is 6.93. The van der Waals surface area contributed by atoms with Gasteiger partial charge in [-0.1, -0.05) is 18.2 Å². The highest BCUT2D eigenvalue weighted by atomic mass is 16.5. The Labute approximate surface area is 128 Å². The zero-order valence-corrected chi connectivity index (χ0v) is 12.6. The van der Waals surface area contributed by atoms with Crippen LogP contribution in [0.3, 0.4) is 0 Å². The smallest absolute Gasteiger partial charge is 0.330 e. The summed E-state index contributed by atoms with van der Waals surface area (Å²) in [6.07, 6.45) is 0. The topological polar surface area (TPSA) is 79.0 Å². The molecule has 1 saturated heterocycles. The minimum Gasteiger partial charge on any atom is -0.467 e. The van der Waals surface area contributed by atoms with Crippen molar-refractivity contribution < 1.29 is 19.1 Å². The maximum absolute atomic E-state index is 12.3. The molecule has 1 fully saturated rings. The van der Waals surface area contributed by atoms with Gasteiger partial charge in [0.05, 0.1) is 13.7 Å². The third-order valence-corrected chi connectivity index (χ3v) is 3.57. The number of hydrogen-bond donors (Lipinski definition) is 1. The van der Waals surface area contributed by atoms with E-state index >= 15 is 0 Å². The van der Waals surface area contributed by atoms with Crippen molar-refractivity contribution in [3.05, 3.63) is 30.3 Å². The van der Waals surface area contributed by atoms with Crippen LogP contribution in [0.25, 0.3) is 0 Å². The number of para-hydroxylation sites is 1. The van der Waals surface area contributed by atoms with Crippen LogP contribution in [0, 0.1) is 0 Å². The third-order valence-electron chi connectivity index (χ3n) is 3.57. The lowest BCUT2D eigenvalue weighted by Crippen LogP contribution is -2.59. The van der Waals surface area contributed by atoms with E-state index < -0.39 is 12.0 Å². The molecule has 0 radical (unpaired) electrons. The van der Waals surface area contributed by atoms with E-state index in [0.29, 0.717) is 18.8 Å². The number of amides is 3. The largest absolute Gasteiger partial charge is 0.467 e. The highest BCUT2D eigenvalue weighted by Gasteiger charge is 2.36. The number of rotatable bonds is 2. The quantitative estimate of drug-likeness (QED) is 0.824. The zero-order valence-electron chi connectivity index (χ0n) is 12.6. The molecule has 0 saturated carbocycles. The Kier molecular flexibility index (Phi) is 4.98. The first-order valence-corrected chi connectivity index (χ1v) is 6.99. The summed E-state index contributed by atoms with van der Waals surface area (Å²) in [4.78, 5) is 38.6. The summed E-state index contributed by atoms with van der Waals surface area (Å²) in [5.74, 6) is -0.731. The van der Waals surface area contributed by atoms with Crippen LogP contribution < -0.4 is 5.32 Å². The number of carbonyl (C=O) groups excluding carboxylic acids is 3. The van der Waals surface area contributed by atoms with Crippen molar-refractivity contribution in [3.63, 3.8) is 0 Å². The molecule has 0 aromatic heterocycles. The zero-order chi connectivity index (χ0) is 16.1. The van der Waals surface area contributed by atoms with Crippen molar-refractivity contribution in [1.29, 1.82) is 0 Å². The molecule has 1 aliphatic rings. The molecular formula is C15H19N3O4. The molecule has 0 aliphatic carbocycles. The second-order valence-corrected chi connectivity index (χ2v) is 4.99. The molecule has 3 amide bonds. The lowest BCUT2D eigenvalue weighted by atomic mass is 10.1. The summed E-state index contributed by atoms with van der Waals surface area (Å²) >= 11 is 0. The van der Waals surface area contributed by atoms with Crippen molar-refractivity contribution >= 4 is 23.6 Å². The standard InChI is InChI=1S/C15H19N3O4/c1-11(19)18-9-8-17(10-13(18)14(20)22-2)15(21)16-12-6-4-3-5-7-12/h3-7,13H,8-10H2,1-2H3,(H,16,21)/t13-/m0/s1. The summed E-state index contributed by atoms with van der Waals surface area (Å²) in [5.41, 5.74) is 0.677. The number of ether oxygens (including phenoxy) is 1. The van der Waals surface area contributed by atoms with E-state index in [1.807, 2.05) is 18.2 Å². The van der Waals surface area contributed by atoms with Gasteiger partial charge >= 0.3 is 12.0 Å². The molecule has 118 valence electrons. The number of benzene rings is 1. The maximum atomic E-state index is 12.3. The van der Waals surface area contributed by atoms with Gasteiger partial charge in [0.25, 0.3) is 0 Å². The minimum atomic E-state index is -0.766. The van der Waals surface area contributed by atoms with E-state index in [1.165, 1.54) is 23.8 Å². The molecule has 1 heterocycles. The van der Waals surface area contributed by atoms with Crippen LogP contribution in [0.15, 0.2) is 30.3 Å². The summed E-state index contributed by atoms with van der Waals surface area (Å²) in [5, 5.41) is 2.76. The highest BCUT2D eigenvalue weighted by molar-refractivity contribution is 5.91. The van der Waals surface area contributed by atoms with Crippen LogP contribution >= 0.6 is 0 Å². The number of piperazine rings is 1. The summed E-state index contributed by atoms with van der Waals surface area (Å²) < 4.78 is 4.73. The number of carbonyl (C=O) groups is 3. The normalized spacial score (nSPS) is 17.8. The van der Waals surface area contributed by atoms with Crippen LogP contribution in [-0.4, -0.2) is 60.5 Å². The first-order chi connectivity index (χ1) is 10.5. The van der Waals surface area contributed by atoms with E-state index in [2.05, 4.69) is 5.32 Å². The lowest BCUT2D eigenvalue weighted by molar-refractivity contribution is -0.154. The Balaban J connectivity index is 2.05. The molecule has 2 rings (SSSR count). The van der Waals surface area contributed by atoms with E-state index in [9.17, 15) is 14.4 Å². The van der Waals surface area contributed by atoms with Crippen molar-refractivity contribution in [1.82, 2.24) is 9.80 Å². The van der Waals surface area contributed by atoms with Crippen LogP contribution in [-0.2, 0) is 14.3 Å². The van der Waals surface area contributed by atoms with Crippen LogP contribution in [0.2, 0.25) is 0 Å². The van der Waals surface area contributed by atoms with E-state index in [0.717, 1.165) is 0 Å². The van der Waals surface area contributed by atoms with Gasteiger partial charge in [-0.2, -0.15) is 0 Å². The molecular weight excluding hydrogens is 286 g/mol. The van der Waals surface area contributed by atoms with Crippen LogP contribution in [0.5, 0.6) is 0 Å². The Morgan fingerprint density at radius 3 is 2.45 bits per heavy atom. The van der Waals surface area contributed by atoms with Gasteiger partial charge in [0.1, 0.15) is 6.04 Å². The number of anilines is 1. The van der Waals surface area contributed by atoms with Crippen molar-refractivity contribution in [3.8, 4) is 0 Å². The van der Waals surface area contributed by atoms with Gasteiger partial charge in [-0.15, -0.1) is 0 Å². The van der Waals surface area contributed by atoms with Gasteiger partial charge in [0.2, 0.25) is 5.91 Å². The molecule has 7 heteroatoms. The predicted octanol–water partition coefficient (Wildman–Crippen LogP) is 0.924. The molecule has 7 nitrogen and oxygen atoms in total. The fourth-order valence-electron chi connectivity index (χ4n) is 2.41. The number of methoxy groups -OCH3 is 1. The van der Waals surface area contributed by atoms with Gasteiger partial charge in [0.15, 0.2) is 0 Å². The Hall–Kier alpha value is -2.57. The number of nitrogens with zero attached hydrogens (tertiary/aromatic N) is 2. The van der Waals surface area contributed by atoms with Crippen molar-refractivity contribution in [2.45, 2.75) is 13.0 Å². The van der Waals surface area contributed by atoms with E-state index in [1.54, 1.807) is 12.1 Å². The van der Waals surface area contributed by atoms with Gasteiger partial charge in [-0.25, -0.2) is 9.59 Å². The molecule has 1 aromatic rings. The lowest BCUT2D eigenvalue weighted by Gasteiger charge is -2.39. The molecule has 0 spiro atoms. The van der Waals surface area contributed by atoms with Gasteiger partial charge in [-0.05, 0) is 12.1 Å². The molecule has 1 aliphatic heterocycles. The first kappa shape index (κ1) is 15.8. The number of nitrogens with one attached hydrogen (secondary N) is 1. The first-order valence-electron chi connectivity index (χ1n) is 6.99. The average molecular weight is 305 g/mol. The Bertz CT molecular complexity index is 561. The van der Waals surface area contributed by atoms with Gasteiger partial charge < -0.3 is 19.9 Å². The fourth-order valence-corrected chi connectivity index (χ4v) is 2.41. The third kappa shape index (κ3) is 3.55. The molecule has 1 aromatic carbocycles. The molecule has 1 N–H and O–H groups in total. The van der Waals surface area contributed by atoms with Crippen molar-refractivity contribution in [2.24, 2.45) is 0 Å². The molecule has 22 heavy (non-hydrogen) atoms. The molecule has 0 unspecified atom stereocenters. The average Bonchev–Trinajstić information content (AvgIpc) is 2.54. The number of esters is 1.